The monoisotopic (exact) mass is 310 g/mol. The Bertz CT molecular complexity index is 780. The molecule has 0 unspecified atom stereocenters. The van der Waals surface area contributed by atoms with Crippen molar-refractivity contribution >= 4 is 15.8 Å². The summed E-state index contributed by atoms with van der Waals surface area (Å²) in [6, 6.07) is 4.13. The molecule has 0 amide bonds. The van der Waals surface area contributed by atoms with Crippen molar-refractivity contribution in [3.63, 3.8) is 0 Å². The van der Waals surface area contributed by atoms with Crippen LogP contribution in [0.1, 0.15) is 34.6 Å². The van der Waals surface area contributed by atoms with E-state index in [1.807, 2.05) is 6.92 Å². The van der Waals surface area contributed by atoms with Crippen LogP contribution >= 0.6 is 0 Å². The third-order valence-electron chi connectivity index (χ3n) is 2.97. The Morgan fingerprint density at radius 1 is 1.29 bits per heavy atom. The van der Waals surface area contributed by atoms with Crippen LogP contribution in [-0.2, 0) is 22.0 Å². The van der Waals surface area contributed by atoms with Crippen molar-refractivity contribution in [2.24, 2.45) is 0 Å². The van der Waals surface area contributed by atoms with Crippen LogP contribution in [0.3, 0.4) is 0 Å². The third kappa shape index (κ3) is 3.10. The fraction of sp³-hybridized carbons (Fsp3) is 0.308. The number of rotatable bonds is 5. The van der Waals surface area contributed by atoms with Crippen molar-refractivity contribution in [2.75, 3.05) is 0 Å². The third-order valence-corrected chi connectivity index (χ3v) is 4.71. The number of sulfone groups is 1. The van der Waals surface area contributed by atoms with Crippen LogP contribution in [0.4, 0.5) is 0 Å². The standard InChI is InChI=1S/C13H14N2O5S/c1-3-11-14-15-12(20-11)7-21(18,19)10-6-4-5-9(8(10)2)13(16)17/h4-6H,3,7H2,1-2H3,(H,16,17). The van der Waals surface area contributed by atoms with Gasteiger partial charge in [0.05, 0.1) is 10.5 Å². The molecule has 0 bridgehead atoms. The number of nitrogens with zero attached hydrogens (tertiary/aromatic N) is 2. The maximum atomic E-state index is 12.4. The van der Waals surface area contributed by atoms with Gasteiger partial charge in [-0.05, 0) is 24.6 Å². The van der Waals surface area contributed by atoms with Crippen molar-refractivity contribution in [3.8, 4) is 0 Å². The van der Waals surface area contributed by atoms with Gasteiger partial charge in [-0.25, -0.2) is 13.2 Å². The average Bonchev–Trinajstić information content (AvgIpc) is 2.85. The number of benzene rings is 1. The van der Waals surface area contributed by atoms with Gasteiger partial charge >= 0.3 is 5.97 Å². The van der Waals surface area contributed by atoms with Crippen molar-refractivity contribution in [3.05, 3.63) is 41.1 Å². The summed E-state index contributed by atoms with van der Waals surface area (Å²) in [4.78, 5) is 11.0. The molecule has 112 valence electrons. The second-order valence-corrected chi connectivity index (χ2v) is 6.39. The highest BCUT2D eigenvalue weighted by molar-refractivity contribution is 7.90. The molecule has 7 nitrogen and oxygen atoms in total. The lowest BCUT2D eigenvalue weighted by molar-refractivity contribution is 0.0696. The van der Waals surface area contributed by atoms with E-state index < -0.39 is 21.6 Å². The van der Waals surface area contributed by atoms with E-state index in [0.29, 0.717) is 12.3 Å². The summed E-state index contributed by atoms with van der Waals surface area (Å²) in [6.07, 6.45) is 0.514. The molecular weight excluding hydrogens is 296 g/mol. The molecule has 1 aromatic heterocycles. The van der Waals surface area contributed by atoms with Crippen LogP contribution in [0, 0.1) is 6.92 Å². The van der Waals surface area contributed by atoms with Crippen molar-refractivity contribution in [1.29, 1.82) is 0 Å². The molecule has 1 heterocycles. The van der Waals surface area contributed by atoms with E-state index in [2.05, 4.69) is 10.2 Å². The minimum Gasteiger partial charge on any atom is -0.478 e. The highest BCUT2D eigenvalue weighted by atomic mass is 32.2. The van der Waals surface area contributed by atoms with Gasteiger partial charge in [-0.15, -0.1) is 10.2 Å². The molecule has 0 aliphatic carbocycles. The van der Waals surface area contributed by atoms with E-state index in [9.17, 15) is 13.2 Å². The van der Waals surface area contributed by atoms with Crippen LogP contribution in [0.15, 0.2) is 27.5 Å². The molecule has 2 rings (SSSR count). The topological polar surface area (TPSA) is 110 Å². The summed E-state index contributed by atoms with van der Waals surface area (Å²) >= 11 is 0. The summed E-state index contributed by atoms with van der Waals surface area (Å²) in [5, 5.41) is 16.4. The van der Waals surface area contributed by atoms with Crippen LogP contribution in [0.5, 0.6) is 0 Å². The lowest BCUT2D eigenvalue weighted by atomic mass is 10.1. The lowest BCUT2D eigenvalue weighted by Gasteiger charge is -2.08. The maximum Gasteiger partial charge on any atom is 0.335 e. The van der Waals surface area contributed by atoms with E-state index in [1.165, 1.54) is 25.1 Å². The summed E-state index contributed by atoms with van der Waals surface area (Å²) in [7, 11) is -3.75. The first-order valence-corrected chi connectivity index (χ1v) is 7.87. The van der Waals surface area contributed by atoms with Gasteiger partial charge in [-0.1, -0.05) is 13.0 Å². The summed E-state index contributed by atoms with van der Waals surface area (Å²) in [6.45, 7) is 3.27. The van der Waals surface area contributed by atoms with E-state index in [4.69, 9.17) is 9.52 Å². The largest absolute Gasteiger partial charge is 0.478 e. The first kappa shape index (κ1) is 15.2. The van der Waals surface area contributed by atoms with E-state index >= 15 is 0 Å². The average molecular weight is 310 g/mol. The first-order valence-electron chi connectivity index (χ1n) is 6.22. The van der Waals surface area contributed by atoms with Gasteiger partial charge in [0, 0.05) is 6.42 Å². The Labute approximate surface area is 121 Å². The molecule has 8 heteroatoms. The van der Waals surface area contributed by atoms with Gasteiger partial charge in [0.2, 0.25) is 11.8 Å². The van der Waals surface area contributed by atoms with E-state index in [0.717, 1.165) is 0 Å². The molecule has 1 N–H and O–H groups in total. The minimum atomic E-state index is -3.75. The Balaban J connectivity index is 2.40. The SMILES string of the molecule is CCc1nnc(CS(=O)(=O)c2cccc(C(=O)O)c2C)o1. The fourth-order valence-corrected chi connectivity index (χ4v) is 3.37. The predicted octanol–water partition coefficient (Wildman–Crippen LogP) is 1.61. The number of carbonyl (C=O) groups is 1. The maximum absolute atomic E-state index is 12.4. The van der Waals surface area contributed by atoms with Crippen molar-refractivity contribution in [1.82, 2.24) is 10.2 Å². The second kappa shape index (κ2) is 5.65. The molecule has 2 aromatic rings. The molecule has 1 aromatic carbocycles. The van der Waals surface area contributed by atoms with Gasteiger partial charge in [-0.2, -0.15) is 0 Å². The first-order chi connectivity index (χ1) is 9.85. The minimum absolute atomic E-state index is 0.00743. The predicted molar refractivity (Wildman–Crippen MR) is 72.7 cm³/mol. The highest BCUT2D eigenvalue weighted by Gasteiger charge is 2.23. The zero-order valence-electron chi connectivity index (χ0n) is 11.5. The molecule has 0 aliphatic heterocycles. The van der Waals surface area contributed by atoms with E-state index in [1.54, 1.807) is 0 Å². The molecule has 0 radical (unpaired) electrons. The smallest absolute Gasteiger partial charge is 0.335 e. The van der Waals surface area contributed by atoms with Crippen LogP contribution < -0.4 is 0 Å². The Morgan fingerprint density at radius 2 is 1.95 bits per heavy atom. The summed E-state index contributed by atoms with van der Waals surface area (Å²) < 4.78 is 29.9. The fourth-order valence-electron chi connectivity index (χ4n) is 1.91. The Hall–Kier alpha value is -2.22. The highest BCUT2D eigenvalue weighted by Crippen LogP contribution is 2.22. The number of hydrogen-bond acceptors (Lipinski definition) is 6. The summed E-state index contributed by atoms with van der Waals surface area (Å²) in [5.41, 5.74) is 0.149. The van der Waals surface area contributed by atoms with Crippen LogP contribution in [0.25, 0.3) is 0 Å². The van der Waals surface area contributed by atoms with Crippen molar-refractivity contribution in [2.45, 2.75) is 30.9 Å². The zero-order chi connectivity index (χ0) is 15.6. The van der Waals surface area contributed by atoms with Crippen LogP contribution in [-0.4, -0.2) is 29.7 Å². The number of carboxylic acids is 1. The van der Waals surface area contributed by atoms with Gasteiger partial charge in [0.15, 0.2) is 9.84 Å². The molecule has 0 saturated heterocycles. The van der Waals surface area contributed by atoms with Crippen LogP contribution in [0.2, 0.25) is 0 Å². The molecule has 0 fully saturated rings. The van der Waals surface area contributed by atoms with Gasteiger partial charge in [0.1, 0.15) is 5.75 Å². The van der Waals surface area contributed by atoms with E-state index in [-0.39, 0.29) is 21.9 Å². The number of aromatic nitrogens is 2. The van der Waals surface area contributed by atoms with Gasteiger partial charge < -0.3 is 9.52 Å². The molecular formula is C13H14N2O5S. The molecule has 0 atom stereocenters. The van der Waals surface area contributed by atoms with Gasteiger partial charge in [0.25, 0.3) is 0 Å². The van der Waals surface area contributed by atoms with Crippen molar-refractivity contribution < 1.29 is 22.7 Å². The molecule has 0 saturated carbocycles. The number of hydrogen-bond donors (Lipinski definition) is 1. The summed E-state index contributed by atoms with van der Waals surface area (Å²) in [5.74, 6) is -1.28. The number of aromatic carboxylic acids is 1. The second-order valence-electron chi connectivity index (χ2n) is 4.44. The molecule has 0 aliphatic rings. The number of aryl methyl sites for hydroxylation is 1. The molecule has 21 heavy (non-hydrogen) atoms. The quantitative estimate of drug-likeness (QED) is 0.893. The molecule has 0 spiro atoms. The normalized spacial score (nSPS) is 11.5. The Kier molecular flexibility index (Phi) is 4.08. The number of carboxylic acid groups (broad SMARTS) is 1. The zero-order valence-corrected chi connectivity index (χ0v) is 12.3. The lowest BCUT2D eigenvalue weighted by Crippen LogP contribution is -2.10. The van der Waals surface area contributed by atoms with Gasteiger partial charge in [-0.3, -0.25) is 0 Å². The Morgan fingerprint density at radius 3 is 2.52 bits per heavy atom.